The number of rotatable bonds is 2. The van der Waals surface area contributed by atoms with Crippen LogP contribution >= 0.6 is 0 Å². The van der Waals surface area contributed by atoms with Gasteiger partial charge in [0.2, 0.25) is 5.91 Å². The summed E-state index contributed by atoms with van der Waals surface area (Å²) in [5, 5.41) is 0. The summed E-state index contributed by atoms with van der Waals surface area (Å²) in [5.74, 6) is 0.163. The predicted molar refractivity (Wildman–Crippen MR) is 95.3 cm³/mol. The maximum absolute atomic E-state index is 12.8. The van der Waals surface area contributed by atoms with Crippen LogP contribution in [0.1, 0.15) is 28.8 Å². The Morgan fingerprint density at radius 2 is 1.96 bits per heavy atom. The molecular formula is C20H21N3O2. The molecule has 2 aromatic rings. The second kappa shape index (κ2) is 5.99. The molecule has 1 spiro atoms. The number of aryl methyl sites for hydroxylation is 1. The molecule has 5 heteroatoms. The fourth-order valence-electron chi connectivity index (χ4n) is 3.98. The molecule has 2 amide bonds. The maximum atomic E-state index is 12.8. The molecule has 0 aliphatic carbocycles. The van der Waals surface area contributed by atoms with E-state index in [1.165, 1.54) is 0 Å². The molecule has 25 heavy (non-hydrogen) atoms. The fraction of sp³-hybridized carbons (Fsp3) is 0.350. The van der Waals surface area contributed by atoms with Gasteiger partial charge in [0, 0.05) is 49.6 Å². The average Bonchev–Trinajstić information content (AvgIpc) is 3.18. The minimum atomic E-state index is -0.125. The van der Waals surface area contributed by atoms with Crippen LogP contribution in [-0.2, 0) is 4.79 Å². The Morgan fingerprint density at radius 3 is 2.72 bits per heavy atom. The van der Waals surface area contributed by atoms with Gasteiger partial charge in [-0.3, -0.25) is 14.6 Å². The van der Waals surface area contributed by atoms with E-state index in [1.807, 2.05) is 53.1 Å². The maximum Gasteiger partial charge on any atom is 0.255 e. The van der Waals surface area contributed by atoms with E-state index in [1.54, 1.807) is 12.4 Å². The van der Waals surface area contributed by atoms with Crippen molar-refractivity contribution in [3.8, 4) is 0 Å². The molecule has 1 aromatic heterocycles. The van der Waals surface area contributed by atoms with Crippen molar-refractivity contribution in [2.24, 2.45) is 5.41 Å². The van der Waals surface area contributed by atoms with Crippen molar-refractivity contribution in [1.82, 2.24) is 9.88 Å². The summed E-state index contributed by atoms with van der Waals surface area (Å²) < 4.78 is 0. The molecule has 4 rings (SSSR count). The molecule has 0 saturated carbocycles. The third-order valence-electron chi connectivity index (χ3n) is 5.24. The van der Waals surface area contributed by atoms with Gasteiger partial charge < -0.3 is 9.80 Å². The summed E-state index contributed by atoms with van der Waals surface area (Å²) in [7, 11) is 0. The lowest BCUT2D eigenvalue weighted by Gasteiger charge is -2.24. The van der Waals surface area contributed by atoms with Gasteiger partial charge >= 0.3 is 0 Å². The van der Waals surface area contributed by atoms with Crippen LogP contribution in [0.4, 0.5) is 5.69 Å². The van der Waals surface area contributed by atoms with E-state index in [4.69, 9.17) is 0 Å². The zero-order valence-electron chi connectivity index (χ0n) is 14.3. The monoisotopic (exact) mass is 335 g/mol. The number of nitrogens with zero attached hydrogens (tertiary/aromatic N) is 3. The Morgan fingerprint density at radius 1 is 1.16 bits per heavy atom. The van der Waals surface area contributed by atoms with Gasteiger partial charge in [0.05, 0.1) is 5.56 Å². The number of carbonyl (C=O) groups is 2. The van der Waals surface area contributed by atoms with Crippen molar-refractivity contribution in [1.29, 1.82) is 0 Å². The van der Waals surface area contributed by atoms with Crippen molar-refractivity contribution < 1.29 is 9.59 Å². The van der Waals surface area contributed by atoms with Crippen molar-refractivity contribution in [3.63, 3.8) is 0 Å². The van der Waals surface area contributed by atoms with Crippen molar-refractivity contribution >= 4 is 17.5 Å². The first kappa shape index (κ1) is 15.8. The van der Waals surface area contributed by atoms with E-state index in [2.05, 4.69) is 4.98 Å². The third kappa shape index (κ3) is 2.90. The molecule has 0 N–H and O–H groups in total. The third-order valence-corrected chi connectivity index (χ3v) is 5.24. The largest absolute Gasteiger partial charge is 0.338 e. The van der Waals surface area contributed by atoms with Crippen molar-refractivity contribution in [3.05, 3.63) is 59.9 Å². The van der Waals surface area contributed by atoms with Crippen LogP contribution in [-0.4, -0.2) is 41.3 Å². The minimum absolute atomic E-state index is 0.0127. The molecule has 0 bridgehead atoms. The van der Waals surface area contributed by atoms with Crippen LogP contribution in [0.2, 0.25) is 0 Å². The molecule has 1 unspecified atom stereocenters. The number of benzene rings is 1. The molecule has 3 heterocycles. The number of hydrogen-bond acceptors (Lipinski definition) is 3. The molecule has 2 saturated heterocycles. The molecule has 128 valence electrons. The normalized spacial score (nSPS) is 22.8. The number of amides is 2. The number of para-hydroxylation sites is 1. The Bertz CT molecular complexity index is 821. The Balaban J connectivity index is 1.50. The lowest BCUT2D eigenvalue weighted by atomic mass is 9.86. The smallest absolute Gasteiger partial charge is 0.255 e. The van der Waals surface area contributed by atoms with Crippen LogP contribution in [0.25, 0.3) is 0 Å². The van der Waals surface area contributed by atoms with Crippen molar-refractivity contribution in [2.45, 2.75) is 19.8 Å². The van der Waals surface area contributed by atoms with Crippen molar-refractivity contribution in [2.75, 3.05) is 24.5 Å². The summed E-state index contributed by atoms with van der Waals surface area (Å²) >= 11 is 0. The van der Waals surface area contributed by atoms with Gasteiger partial charge in [-0.1, -0.05) is 18.2 Å². The number of likely N-dealkylation sites (tertiary alicyclic amines) is 1. The first-order chi connectivity index (χ1) is 12.1. The van der Waals surface area contributed by atoms with Gasteiger partial charge in [-0.2, -0.15) is 0 Å². The molecular weight excluding hydrogens is 314 g/mol. The highest BCUT2D eigenvalue weighted by Gasteiger charge is 2.48. The topological polar surface area (TPSA) is 53.5 Å². The summed E-state index contributed by atoms with van der Waals surface area (Å²) in [6.45, 7) is 3.95. The van der Waals surface area contributed by atoms with E-state index in [-0.39, 0.29) is 17.2 Å². The molecule has 0 radical (unpaired) electrons. The summed E-state index contributed by atoms with van der Waals surface area (Å²) in [6.07, 6.45) is 4.75. The van der Waals surface area contributed by atoms with Gasteiger partial charge in [0.15, 0.2) is 0 Å². The van der Waals surface area contributed by atoms with Crippen LogP contribution < -0.4 is 4.90 Å². The lowest BCUT2D eigenvalue weighted by molar-refractivity contribution is -0.117. The zero-order valence-corrected chi connectivity index (χ0v) is 14.3. The van der Waals surface area contributed by atoms with Crippen LogP contribution in [0.15, 0.2) is 48.8 Å². The second-order valence-electron chi connectivity index (χ2n) is 7.22. The summed E-state index contributed by atoms with van der Waals surface area (Å²) in [6, 6.07) is 11.6. The van der Waals surface area contributed by atoms with E-state index in [9.17, 15) is 9.59 Å². The van der Waals surface area contributed by atoms with E-state index in [0.717, 1.165) is 17.7 Å². The fourth-order valence-corrected chi connectivity index (χ4v) is 3.98. The number of carbonyl (C=O) groups excluding carboxylic acids is 2. The quantitative estimate of drug-likeness (QED) is 0.848. The Labute approximate surface area is 147 Å². The highest BCUT2D eigenvalue weighted by molar-refractivity contribution is 5.97. The minimum Gasteiger partial charge on any atom is -0.338 e. The molecule has 1 atom stereocenters. The van der Waals surface area contributed by atoms with E-state index >= 15 is 0 Å². The molecule has 5 nitrogen and oxygen atoms in total. The van der Waals surface area contributed by atoms with Gasteiger partial charge in [-0.15, -0.1) is 0 Å². The molecule has 1 aromatic carbocycles. The Hall–Kier alpha value is -2.69. The lowest BCUT2D eigenvalue weighted by Crippen LogP contribution is -2.34. The number of anilines is 1. The number of hydrogen-bond donors (Lipinski definition) is 0. The Kier molecular flexibility index (Phi) is 3.79. The molecule has 2 fully saturated rings. The second-order valence-corrected chi connectivity index (χ2v) is 7.22. The average molecular weight is 335 g/mol. The molecule has 2 aliphatic rings. The molecule has 2 aliphatic heterocycles. The number of aromatic nitrogens is 1. The van der Waals surface area contributed by atoms with Gasteiger partial charge in [-0.05, 0) is 37.1 Å². The zero-order chi connectivity index (χ0) is 17.4. The first-order valence-corrected chi connectivity index (χ1v) is 8.63. The van der Waals surface area contributed by atoms with Gasteiger partial charge in [-0.25, -0.2) is 0 Å². The summed E-state index contributed by atoms with van der Waals surface area (Å²) in [5.41, 5.74) is 2.42. The van der Waals surface area contributed by atoms with E-state index < -0.39 is 0 Å². The van der Waals surface area contributed by atoms with Gasteiger partial charge in [0.25, 0.3) is 5.91 Å². The van der Waals surface area contributed by atoms with Crippen LogP contribution in [0.5, 0.6) is 0 Å². The summed E-state index contributed by atoms with van der Waals surface area (Å²) in [4.78, 5) is 33.2. The standard InChI is InChI=1S/C20H21N3O2/c1-15-9-16(12-21-11-15)19(25)22-8-7-20(13-22)10-18(24)23(14-20)17-5-3-2-4-6-17/h2-6,9,11-12H,7-8,10,13-14H2,1H3. The predicted octanol–water partition coefficient (Wildman–Crippen LogP) is 2.66. The SMILES string of the molecule is Cc1cncc(C(=O)N2CCC3(CC(=O)N(c4ccccc4)C3)C2)c1. The first-order valence-electron chi connectivity index (χ1n) is 8.63. The van der Waals surface area contributed by atoms with Crippen LogP contribution in [0.3, 0.4) is 0 Å². The van der Waals surface area contributed by atoms with Crippen LogP contribution in [0, 0.1) is 12.3 Å². The highest BCUT2D eigenvalue weighted by Crippen LogP contribution is 2.42. The number of pyridine rings is 1. The van der Waals surface area contributed by atoms with E-state index in [0.29, 0.717) is 31.6 Å². The highest BCUT2D eigenvalue weighted by atomic mass is 16.2. The van der Waals surface area contributed by atoms with Gasteiger partial charge in [0.1, 0.15) is 0 Å².